The van der Waals surface area contributed by atoms with Crippen molar-refractivity contribution in [2.75, 3.05) is 7.11 Å². The Balaban J connectivity index is 1.96. The van der Waals surface area contributed by atoms with Crippen molar-refractivity contribution in [3.05, 3.63) is 28.8 Å². The van der Waals surface area contributed by atoms with Gasteiger partial charge in [0.2, 0.25) is 5.91 Å². The fourth-order valence-corrected chi connectivity index (χ4v) is 2.20. The Morgan fingerprint density at radius 3 is 2.79 bits per heavy atom. The van der Waals surface area contributed by atoms with Crippen LogP contribution in [0.4, 0.5) is 0 Å². The molecule has 1 aromatic rings. The number of carboxylic acid groups (broad SMARTS) is 1. The molecule has 1 saturated carbocycles. The Morgan fingerprint density at radius 2 is 2.21 bits per heavy atom. The molecule has 1 aliphatic carbocycles. The second kappa shape index (κ2) is 5.48. The fraction of sp³-hybridized carbons (Fsp3) is 0.385. The van der Waals surface area contributed by atoms with Gasteiger partial charge in [-0.2, -0.15) is 0 Å². The smallest absolute Gasteiger partial charge is 0.307 e. The van der Waals surface area contributed by atoms with Crippen LogP contribution in [0.2, 0.25) is 5.02 Å². The molecule has 0 aliphatic heterocycles. The van der Waals surface area contributed by atoms with Gasteiger partial charge in [-0.1, -0.05) is 17.7 Å². The highest BCUT2D eigenvalue weighted by Crippen LogP contribution is 2.38. The predicted octanol–water partition coefficient (Wildman–Crippen LogP) is 1.69. The number of carboxylic acids is 1. The number of methoxy groups -OCH3 is 1. The highest BCUT2D eigenvalue weighted by molar-refractivity contribution is 6.31. The first kappa shape index (κ1) is 13.7. The summed E-state index contributed by atoms with van der Waals surface area (Å²) >= 11 is 6.04. The van der Waals surface area contributed by atoms with Gasteiger partial charge in [-0.15, -0.1) is 0 Å². The van der Waals surface area contributed by atoms with E-state index in [1.165, 1.54) is 7.11 Å². The number of hydrogen-bond acceptors (Lipinski definition) is 3. The van der Waals surface area contributed by atoms with E-state index in [-0.39, 0.29) is 12.5 Å². The molecule has 102 valence electrons. The molecular weight excluding hydrogens is 270 g/mol. The van der Waals surface area contributed by atoms with Crippen LogP contribution in [0.1, 0.15) is 12.0 Å². The van der Waals surface area contributed by atoms with Crippen molar-refractivity contribution in [2.24, 2.45) is 11.8 Å². The van der Waals surface area contributed by atoms with E-state index < -0.39 is 17.8 Å². The third kappa shape index (κ3) is 2.98. The number of hydrogen-bond donors (Lipinski definition) is 2. The van der Waals surface area contributed by atoms with Gasteiger partial charge < -0.3 is 15.2 Å². The maximum Gasteiger partial charge on any atom is 0.307 e. The second-order valence-electron chi connectivity index (χ2n) is 4.43. The summed E-state index contributed by atoms with van der Waals surface area (Å²) in [4.78, 5) is 22.4. The van der Waals surface area contributed by atoms with Crippen LogP contribution >= 0.6 is 11.6 Å². The van der Waals surface area contributed by atoms with Crippen molar-refractivity contribution >= 4 is 23.5 Å². The number of carbonyl (C=O) groups is 2. The highest BCUT2D eigenvalue weighted by Gasteiger charge is 2.48. The summed E-state index contributed by atoms with van der Waals surface area (Å²) < 4.78 is 5.16. The van der Waals surface area contributed by atoms with Crippen molar-refractivity contribution in [1.82, 2.24) is 5.32 Å². The molecule has 0 saturated heterocycles. The Hall–Kier alpha value is -1.75. The lowest BCUT2D eigenvalue weighted by molar-refractivity contribution is -0.140. The predicted molar refractivity (Wildman–Crippen MR) is 69.1 cm³/mol. The average molecular weight is 284 g/mol. The van der Waals surface area contributed by atoms with E-state index in [1.54, 1.807) is 18.2 Å². The number of rotatable bonds is 5. The van der Waals surface area contributed by atoms with Gasteiger partial charge in [0.25, 0.3) is 0 Å². The summed E-state index contributed by atoms with van der Waals surface area (Å²) in [6.45, 7) is 0.227. The van der Waals surface area contributed by atoms with Crippen LogP contribution in [0, 0.1) is 11.8 Å². The van der Waals surface area contributed by atoms with Crippen molar-refractivity contribution in [3.8, 4) is 5.75 Å². The minimum absolute atomic E-state index is 0.227. The third-order valence-corrected chi connectivity index (χ3v) is 3.53. The molecule has 0 aromatic heterocycles. The maximum atomic E-state index is 11.7. The lowest BCUT2D eigenvalue weighted by Gasteiger charge is -2.11. The van der Waals surface area contributed by atoms with Crippen LogP contribution in [0.15, 0.2) is 18.2 Å². The van der Waals surface area contributed by atoms with Gasteiger partial charge in [-0.3, -0.25) is 9.59 Å². The number of aliphatic carboxylic acids is 1. The molecule has 19 heavy (non-hydrogen) atoms. The molecule has 0 unspecified atom stereocenters. The highest BCUT2D eigenvalue weighted by atomic mass is 35.5. The summed E-state index contributed by atoms with van der Waals surface area (Å²) in [5.74, 6) is -1.55. The number of amides is 1. The molecular formula is C13H14ClNO4. The SMILES string of the molecule is COc1cccc(Cl)c1CNC(=O)[C@H]1C[C@@H]1C(=O)O. The molecule has 1 aliphatic rings. The quantitative estimate of drug-likeness (QED) is 0.862. The van der Waals surface area contributed by atoms with E-state index in [2.05, 4.69) is 5.32 Å². The molecule has 1 aromatic carbocycles. The number of halogens is 1. The van der Waals surface area contributed by atoms with Crippen molar-refractivity contribution in [2.45, 2.75) is 13.0 Å². The Bertz CT molecular complexity index is 517. The number of ether oxygens (including phenoxy) is 1. The number of benzene rings is 1. The van der Waals surface area contributed by atoms with Gasteiger partial charge in [-0.05, 0) is 18.6 Å². The molecule has 2 rings (SSSR count). The first-order valence-corrected chi connectivity index (χ1v) is 6.24. The minimum Gasteiger partial charge on any atom is -0.496 e. The Labute approximate surface area is 115 Å². The summed E-state index contributed by atoms with van der Waals surface area (Å²) in [5.41, 5.74) is 0.688. The van der Waals surface area contributed by atoms with Crippen LogP contribution < -0.4 is 10.1 Å². The topological polar surface area (TPSA) is 75.6 Å². The zero-order valence-corrected chi connectivity index (χ0v) is 11.1. The number of carbonyl (C=O) groups excluding carboxylic acids is 1. The van der Waals surface area contributed by atoms with Crippen molar-refractivity contribution in [3.63, 3.8) is 0 Å². The van der Waals surface area contributed by atoms with E-state index in [0.717, 1.165) is 0 Å². The van der Waals surface area contributed by atoms with Crippen LogP contribution in [0.3, 0.4) is 0 Å². The van der Waals surface area contributed by atoms with Gasteiger partial charge in [0, 0.05) is 17.1 Å². The zero-order valence-electron chi connectivity index (χ0n) is 10.4. The fourth-order valence-electron chi connectivity index (χ4n) is 1.97. The first-order chi connectivity index (χ1) is 9.04. The summed E-state index contributed by atoms with van der Waals surface area (Å²) in [5, 5.41) is 12.0. The van der Waals surface area contributed by atoms with E-state index in [9.17, 15) is 9.59 Å². The molecule has 2 N–H and O–H groups in total. The molecule has 6 heteroatoms. The molecule has 0 spiro atoms. The third-order valence-electron chi connectivity index (χ3n) is 3.18. The minimum atomic E-state index is -0.921. The van der Waals surface area contributed by atoms with Crippen molar-refractivity contribution in [1.29, 1.82) is 0 Å². The van der Waals surface area contributed by atoms with E-state index >= 15 is 0 Å². The summed E-state index contributed by atoms with van der Waals surface area (Å²) in [6.07, 6.45) is 0.404. The normalized spacial score (nSPS) is 20.7. The molecule has 1 amide bonds. The molecule has 2 atom stereocenters. The summed E-state index contributed by atoms with van der Waals surface area (Å²) in [7, 11) is 1.53. The number of nitrogens with one attached hydrogen (secondary N) is 1. The van der Waals surface area contributed by atoms with Crippen LogP contribution in [0.25, 0.3) is 0 Å². The molecule has 5 nitrogen and oxygen atoms in total. The summed E-state index contributed by atoms with van der Waals surface area (Å²) in [6, 6.07) is 5.22. The molecule has 0 bridgehead atoms. The lowest BCUT2D eigenvalue weighted by atomic mass is 10.2. The standard InChI is InChI=1S/C13H14ClNO4/c1-19-11-4-2-3-10(14)9(11)6-15-12(16)7-5-8(7)13(17)18/h2-4,7-8H,5-6H2,1H3,(H,15,16)(H,17,18)/t7-,8-/m0/s1. The van der Waals surface area contributed by atoms with Crippen LogP contribution in [-0.2, 0) is 16.1 Å². The second-order valence-corrected chi connectivity index (χ2v) is 4.83. The monoisotopic (exact) mass is 283 g/mol. The van der Waals surface area contributed by atoms with Crippen molar-refractivity contribution < 1.29 is 19.4 Å². The Morgan fingerprint density at radius 1 is 1.47 bits per heavy atom. The van der Waals surface area contributed by atoms with E-state index in [4.69, 9.17) is 21.4 Å². The lowest BCUT2D eigenvalue weighted by Crippen LogP contribution is -2.26. The largest absolute Gasteiger partial charge is 0.496 e. The van der Waals surface area contributed by atoms with Gasteiger partial charge in [0.05, 0.1) is 18.9 Å². The molecule has 1 fully saturated rings. The van der Waals surface area contributed by atoms with E-state index in [0.29, 0.717) is 22.8 Å². The molecule has 0 radical (unpaired) electrons. The van der Waals surface area contributed by atoms with E-state index in [1.807, 2.05) is 0 Å². The molecule has 0 heterocycles. The van der Waals surface area contributed by atoms with Gasteiger partial charge in [0.1, 0.15) is 5.75 Å². The van der Waals surface area contributed by atoms with Gasteiger partial charge in [-0.25, -0.2) is 0 Å². The first-order valence-electron chi connectivity index (χ1n) is 5.86. The van der Waals surface area contributed by atoms with Gasteiger partial charge in [0.15, 0.2) is 0 Å². The van der Waals surface area contributed by atoms with Crippen LogP contribution in [0.5, 0.6) is 5.75 Å². The zero-order chi connectivity index (χ0) is 14.0. The van der Waals surface area contributed by atoms with Crippen LogP contribution in [-0.4, -0.2) is 24.1 Å². The Kier molecular flexibility index (Phi) is 3.95. The average Bonchev–Trinajstić information content (AvgIpc) is 3.17. The maximum absolute atomic E-state index is 11.7. The van der Waals surface area contributed by atoms with Gasteiger partial charge >= 0.3 is 5.97 Å².